The van der Waals surface area contributed by atoms with Crippen LogP contribution in [-0.2, 0) is 5.54 Å². The van der Waals surface area contributed by atoms with Crippen molar-refractivity contribution in [1.82, 2.24) is 0 Å². The molecule has 0 aromatic heterocycles. The number of nitrogen functional groups attached to an aromatic ring is 1. The average Bonchev–Trinajstić information content (AvgIpc) is 2.25. The topological polar surface area (TPSA) is 52.0 Å². The van der Waals surface area contributed by atoms with E-state index in [1.54, 1.807) is 0 Å². The summed E-state index contributed by atoms with van der Waals surface area (Å²) in [6, 6.07) is 7.75. The van der Waals surface area contributed by atoms with Gasteiger partial charge in [-0.2, -0.15) is 0 Å². The van der Waals surface area contributed by atoms with E-state index >= 15 is 0 Å². The Morgan fingerprint density at radius 2 is 2.06 bits per heavy atom. The molecule has 2 rings (SSSR count). The van der Waals surface area contributed by atoms with Crippen molar-refractivity contribution in [3.8, 4) is 0 Å². The van der Waals surface area contributed by atoms with Crippen LogP contribution in [0.3, 0.4) is 0 Å². The smallest absolute Gasteiger partial charge is 0.122 e. The van der Waals surface area contributed by atoms with Crippen LogP contribution in [-0.4, -0.2) is 0 Å². The average molecular weight is 213 g/mol. The monoisotopic (exact) mass is 213 g/mol. The van der Waals surface area contributed by atoms with E-state index in [0.717, 1.165) is 16.8 Å². The van der Waals surface area contributed by atoms with Crippen LogP contribution >= 0.6 is 0 Å². The summed E-state index contributed by atoms with van der Waals surface area (Å²) in [7, 11) is 0. The second-order valence-corrected chi connectivity index (χ2v) is 4.38. The summed E-state index contributed by atoms with van der Waals surface area (Å²) in [5.74, 6) is 0.190. The van der Waals surface area contributed by atoms with Gasteiger partial charge in [-0.05, 0) is 19.1 Å². The summed E-state index contributed by atoms with van der Waals surface area (Å²) in [5.41, 5.74) is 14.6. The second-order valence-electron chi connectivity index (χ2n) is 4.38. The highest BCUT2D eigenvalue weighted by Gasteiger charge is 2.39. The molecule has 1 aliphatic rings. The predicted octanol–water partition coefficient (Wildman–Crippen LogP) is 2.39. The lowest BCUT2D eigenvalue weighted by Crippen LogP contribution is -2.43. The molecule has 2 unspecified atom stereocenters. The van der Waals surface area contributed by atoms with Gasteiger partial charge in [0, 0.05) is 36.2 Å². The molecule has 82 valence electrons. The molecule has 0 aliphatic heterocycles. The molecule has 2 atom stereocenters. The Kier molecular flexibility index (Phi) is 2.52. The van der Waals surface area contributed by atoms with Crippen LogP contribution in [0, 0.1) is 12.3 Å². The molecule has 0 amide bonds. The molecule has 0 saturated carbocycles. The largest absolute Gasteiger partial charge is 0.398 e. The zero-order chi connectivity index (χ0) is 11.8. The third kappa shape index (κ3) is 1.61. The summed E-state index contributed by atoms with van der Waals surface area (Å²) in [6.07, 6.45) is 6.02. The second kappa shape index (κ2) is 3.72. The molecule has 2 heteroatoms. The van der Waals surface area contributed by atoms with Crippen molar-refractivity contribution in [1.29, 1.82) is 0 Å². The molecule has 0 bridgehead atoms. The van der Waals surface area contributed by atoms with Gasteiger partial charge in [-0.25, -0.2) is 0 Å². The number of hydrogen-bond donors (Lipinski definition) is 2. The summed E-state index contributed by atoms with van der Waals surface area (Å²) in [4.78, 5) is 0. The highest BCUT2D eigenvalue weighted by molar-refractivity contribution is 5.54. The van der Waals surface area contributed by atoms with Gasteiger partial charge in [0.1, 0.15) is 5.57 Å². The van der Waals surface area contributed by atoms with Gasteiger partial charge in [-0.1, -0.05) is 18.2 Å². The van der Waals surface area contributed by atoms with E-state index in [2.05, 4.69) is 19.9 Å². The lowest BCUT2D eigenvalue weighted by molar-refractivity contribution is 0.412. The van der Waals surface area contributed by atoms with Crippen LogP contribution in [0.5, 0.6) is 0 Å². The maximum atomic E-state index is 6.45. The van der Waals surface area contributed by atoms with E-state index in [4.69, 9.17) is 11.5 Å². The van der Waals surface area contributed by atoms with Crippen LogP contribution in [0.4, 0.5) is 5.69 Å². The maximum Gasteiger partial charge on any atom is 0.122 e. The third-order valence-electron chi connectivity index (χ3n) is 3.22. The van der Waals surface area contributed by atoms with Crippen LogP contribution in [0.2, 0.25) is 0 Å². The molecule has 1 aromatic rings. The third-order valence-corrected chi connectivity index (χ3v) is 3.22. The molecule has 16 heavy (non-hydrogen) atoms. The van der Waals surface area contributed by atoms with Crippen LogP contribution in [0.25, 0.3) is 0 Å². The Balaban J connectivity index is 2.50. The lowest BCUT2D eigenvalue weighted by Gasteiger charge is -2.33. The minimum Gasteiger partial charge on any atom is -0.398 e. The molecule has 0 fully saturated rings. The van der Waals surface area contributed by atoms with Crippen LogP contribution in [0.15, 0.2) is 48.6 Å². The summed E-state index contributed by atoms with van der Waals surface area (Å²) in [6.45, 7) is 6.00. The fraction of sp³-hybridized carbons (Fsp3) is 0.214. The van der Waals surface area contributed by atoms with Crippen molar-refractivity contribution in [2.24, 2.45) is 11.7 Å². The summed E-state index contributed by atoms with van der Waals surface area (Å²) >= 11 is 0. The lowest BCUT2D eigenvalue weighted by atomic mass is 9.73. The number of rotatable bonds is 1. The molecule has 4 N–H and O–H groups in total. The van der Waals surface area contributed by atoms with Crippen molar-refractivity contribution < 1.29 is 0 Å². The minimum atomic E-state index is -0.521. The van der Waals surface area contributed by atoms with Crippen LogP contribution < -0.4 is 11.5 Å². The Morgan fingerprint density at radius 3 is 2.69 bits per heavy atom. The number of hydrogen-bond acceptors (Lipinski definition) is 2. The minimum absolute atomic E-state index is 0.190. The Labute approximate surface area is 96.6 Å². The molecular weight excluding hydrogens is 196 g/mol. The van der Waals surface area contributed by atoms with Gasteiger partial charge >= 0.3 is 0 Å². The van der Waals surface area contributed by atoms with Crippen molar-refractivity contribution >= 4 is 5.69 Å². The summed E-state index contributed by atoms with van der Waals surface area (Å²) in [5, 5.41) is 0. The van der Waals surface area contributed by atoms with Crippen molar-refractivity contribution in [3.05, 3.63) is 60.6 Å². The predicted molar refractivity (Wildman–Crippen MR) is 68.5 cm³/mol. The van der Waals surface area contributed by atoms with Crippen LogP contribution in [0.1, 0.15) is 12.5 Å². The van der Waals surface area contributed by atoms with Gasteiger partial charge in [-0.15, -0.1) is 0 Å². The summed E-state index contributed by atoms with van der Waals surface area (Å²) < 4.78 is 0. The van der Waals surface area contributed by atoms with Gasteiger partial charge in [0.2, 0.25) is 0 Å². The van der Waals surface area contributed by atoms with Gasteiger partial charge in [0.05, 0.1) is 5.54 Å². The first-order valence-electron chi connectivity index (χ1n) is 5.41. The Bertz CT molecular complexity index is 448. The molecule has 2 nitrogen and oxygen atoms in total. The zero-order valence-electron chi connectivity index (χ0n) is 9.48. The maximum absolute atomic E-state index is 6.45. The Morgan fingerprint density at radius 1 is 1.38 bits per heavy atom. The standard InChI is InChI=1S/C14H17N2/c1-10-7-8-14(16,11(2)9-10)12-5-3-4-6-13(12)15/h3-9,11H,1,15-16H2,2H3/q+1. The highest BCUT2D eigenvalue weighted by atomic mass is 14.8. The van der Waals surface area contributed by atoms with E-state index in [-0.39, 0.29) is 5.92 Å². The number of para-hydroxylation sites is 1. The molecule has 0 saturated heterocycles. The van der Waals surface area contributed by atoms with Gasteiger partial charge in [0.15, 0.2) is 0 Å². The molecular formula is C14H17N2+. The van der Waals surface area contributed by atoms with Crippen molar-refractivity contribution in [2.45, 2.75) is 12.5 Å². The quantitative estimate of drug-likeness (QED) is 0.556. The molecule has 0 radical (unpaired) electrons. The van der Waals surface area contributed by atoms with Crippen molar-refractivity contribution in [2.75, 3.05) is 5.73 Å². The van der Waals surface area contributed by atoms with E-state index in [1.807, 2.05) is 36.4 Å². The molecule has 1 aliphatic carbocycles. The van der Waals surface area contributed by atoms with E-state index in [9.17, 15) is 0 Å². The molecule has 0 spiro atoms. The highest BCUT2D eigenvalue weighted by Crippen LogP contribution is 2.38. The molecule has 0 heterocycles. The SMILES string of the molecule is C=C1C=CC(N)(c2ccccc2N)C(C)[CH+]1. The number of nitrogens with two attached hydrogens (primary N) is 2. The fourth-order valence-electron chi connectivity index (χ4n) is 2.14. The number of allylic oxidation sites excluding steroid dienone is 2. The number of anilines is 1. The fourth-order valence-corrected chi connectivity index (χ4v) is 2.14. The van der Waals surface area contributed by atoms with E-state index in [0.29, 0.717) is 0 Å². The van der Waals surface area contributed by atoms with E-state index < -0.39 is 5.54 Å². The molecule has 1 aromatic carbocycles. The first kappa shape index (κ1) is 10.8. The van der Waals surface area contributed by atoms with Crippen molar-refractivity contribution in [3.63, 3.8) is 0 Å². The van der Waals surface area contributed by atoms with E-state index in [1.165, 1.54) is 0 Å². The normalized spacial score (nSPS) is 28.9. The Hall–Kier alpha value is -1.67. The first-order chi connectivity index (χ1) is 7.54. The zero-order valence-corrected chi connectivity index (χ0v) is 9.48. The first-order valence-corrected chi connectivity index (χ1v) is 5.41. The van der Waals surface area contributed by atoms with Gasteiger partial charge in [-0.3, -0.25) is 0 Å². The van der Waals surface area contributed by atoms with Gasteiger partial charge in [0.25, 0.3) is 0 Å². The van der Waals surface area contributed by atoms with Gasteiger partial charge < -0.3 is 11.5 Å². The number of benzene rings is 1.